The zero-order chi connectivity index (χ0) is 13.2. The van der Waals surface area contributed by atoms with E-state index in [2.05, 4.69) is 10.3 Å². The van der Waals surface area contributed by atoms with Gasteiger partial charge in [-0.15, -0.1) is 5.10 Å². The number of benzene rings is 1. The van der Waals surface area contributed by atoms with Gasteiger partial charge in [-0.1, -0.05) is 17.3 Å². The van der Waals surface area contributed by atoms with E-state index in [1.165, 1.54) is 11.6 Å². The van der Waals surface area contributed by atoms with Crippen LogP contribution in [0.1, 0.15) is 20.3 Å². The number of carbonyl (C=O) groups is 1. The molecule has 0 radical (unpaired) electrons. The van der Waals surface area contributed by atoms with E-state index in [1.807, 2.05) is 12.1 Å². The molecule has 18 heavy (non-hydrogen) atoms. The SMILES string of the molecule is CCOC(=O)CC(C)(O)n1nnc2ccccc21. The van der Waals surface area contributed by atoms with Crippen molar-refractivity contribution in [1.29, 1.82) is 0 Å². The third-order valence-electron chi connectivity index (χ3n) is 2.59. The smallest absolute Gasteiger partial charge is 0.310 e. The number of esters is 1. The van der Waals surface area contributed by atoms with Gasteiger partial charge >= 0.3 is 5.97 Å². The quantitative estimate of drug-likeness (QED) is 0.819. The highest BCUT2D eigenvalue weighted by molar-refractivity contribution is 5.75. The number of aliphatic hydroxyl groups is 1. The fourth-order valence-electron chi connectivity index (χ4n) is 1.79. The maximum atomic E-state index is 11.4. The Hall–Kier alpha value is -1.95. The maximum Gasteiger partial charge on any atom is 0.310 e. The summed E-state index contributed by atoms with van der Waals surface area (Å²) >= 11 is 0. The van der Waals surface area contributed by atoms with E-state index in [1.54, 1.807) is 19.1 Å². The molecular weight excluding hydrogens is 234 g/mol. The Labute approximate surface area is 104 Å². The topological polar surface area (TPSA) is 77.2 Å². The van der Waals surface area contributed by atoms with Crippen molar-refractivity contribution in [3.63, 3.8) is 0 Å². The molecule has 2 rings (SSSR count). The molecule has 1 atom stereocenters. The van der Waals surface area contributed by atoms with Crippen molar-refractivity contribution in [2.45, 2.75) is 26.0 Å². The summed E-state index contributed by atoms with van der Waals surface area (Å²) in [5.74, 6) is -0.470. The number of ether oxygens (including phenoxy) is 1. The molecule has 1 heterocycles. The molecule has 0 bridgehead atoms. The molecule has 0 amide bonds. The first kappa shape index (κ1) is 12.5. The first-order chi connectivity index (χ1) is 8.54. The van der Waals surface area contributed by atoms with Crippen molar-refractivity contribution in [1.82, 2.24) is 15.0 Å². The summed E-state index contributed by atoms with van der Waals surface area (Å²) in [4.78, 5) is 11.4. The summed E-state index contributed by atoms with van der Waals surface area (Å²) in [5, 5.41) is 18.2. The van der Waals surface area contributed by atoms with Gasteiger partial charge in [0.1, 0.15) is 5.52 Å². The lowest BCUT2D eigenvalue weighted by molar-refractivity contribution is -0.152. The molecule has 0 saturated heterocycles. The maximum absolute atomic E-state index is 11.4. The molecule has 0 aliphatic rings. The van der Waals surface area contributed by atoms with Crippen LogP contribution in [0.2, 0.25) is 0 Å². The van der Waals surface area contributed by atoms with Crippen LogP contribution in [-0.4, -0.2) is 32.7 Å². The van der Waals surface area contributed by atoms with E-state index >= 15 is 0 Å². The Balaban J connectivity index is 2.31. The predicted molar refractivity (Wildman–Crippen MR) is 64.6 cm³/mol. The molecule has 1 aromatic carbocycles. The Morgan fingerprint density at radius 2 is 2.22 bits per heavy atom. The van der Waals surface area contributed by atoms with Crippen molar-refractivity contribution in [3.8, 4) is 0 Å². The fourth-order valence-corrected chi connectivity index (χ4v) is 1.79. The molecule has 96 valence electrons. The van der Waals surface area contributed by atoms with Gasteiger partial charge in [-0.05, 0) is 26.0 Å². The lowest BCUT2D eigenvalue weighted by Gasteiger charge is -2.22. The molecule has 0 saturated carbocycles. The number of hydrogen-bond donors (Lipinski definition) is 1. The number of fused-ring (bicyclic) bond motifs is 1. The van der Waals surface area contributed by atoms with Gasteiger partial charge in [-0.3, -0.25) is 4.79 Å². The van der Waals surface area contributed by atoms with Crippen molar-refractivity contribution in [2.75, 3.05) is 6.61 Å². The van der Waals surface area contributed by atoms with E-state index in [0.717, 1.165) is 0 Å². The Bertz CT molecular complexity index is 562. The standard InChI is InChI=1S/C12H15N3O3/c1-3-18-11(16)8-12(2,17)15-10-7-5-4-6-9(10)13-14-15/h4-7,17H,3,8H2,1-2H3. The molecule has 0 fully saturated rings. The highest BCUT2D eigenvalue weighted by atomic mass is 16.5. The van der Waals surface area contributed by atoms with Crippen LogP contribution < -0.4 is 0 Å². The molecule has 1 aromatic heterocycles. The summed E-state index contributed by atoms with van der Waals surface area (Å²) in [6.07, 6.45) is -0.172. The average Bonchev–Trinajstić information content (AvgIpc) is 2.72. The van der Waals surface area contributed by atoms with Gasteiger partial charge in [0.15, 0.2) is 5.72 Å². The molecule has 0 spiro atoms. The molecule has 0 aliphatic heterocycles. The van der Waals surface area contributed by atoms with Gasteiger partial charge in [0.2, 0.25) is 0 Å². The predicted octanol–water partition coefficient (Wildman–Crippen LogP) is 1.05. The molecule has 0 aliphatic carbocycles. The molecule has 6 heteroatoms. The van der Waals surface area contributed by atoms with Gasteiger partial charge in [0, 0.05) is 0 Å². The number of hydrogen-bond acceptors (Lipinski definition) is 5. The summed E-state index contributed by atoms with van der Waals surface area (Å²) < 4.78 is 6.16. The molecule has 1 N–H and O–H groups in total. The van der Waals surface area contributed by atoms with Crippen molar-refractivity contribution >= 4 is 17.0 Å². The average molecular weight is 249 g/mol. The zero-order valence-electron chi connectivity index (χ0n) is 10.3. The largest absolute Gasteiger partial charge is 0.466 e. The van der Waals surface area contributed by atoms with Crippen molar-refractivity contribution < 1.29 is 14.6 Å². The van der Waals surface area contributed by atoms with E-state index in [-0.39, 0.29) is 13.0 Å². The third kappa shape index (κ3) is 2.33. The van der Waals surface area contributed by atoms with Gasteiger partial charge in [0.25, 0.3) is 0 Å². The van der Waals surface area contributed by atoms with Gasteiger partial charge in [0.05, 0.1) is 18.5 Å². The summed E-state index contributed by atoms with van der Waals surface area (Å²) in [5.41, 5.74) is -0.115. The number of nitrogens with zero attached hydrogens (tertiary/aromatic N) is 3. The van der Waals surface area contributed by atoms with Crippen LogP contribution >= 0.6 is 0 Å². The van der Waals surface area contributed by atoms with E-state index < -0.39 is 11.7 Å². The summed E-state index contributed by atoms with van der Waals surface area (Å²) in [7, 11) is 0. The highest BCUT2D eigenvalue weighted by Crippen LogP contribution is 2.21. The minimum atomic E-state index is -1.46. The number of carbonyl (C=O) groups excluding carboxylic acids is 1. The zero-order valence-corrected chi connectivity index (χ0v) is 10.3. The Morgan fingerprint density at radius 3 is 2.94 bits per heavy atom. The monoisotopic (exact) mass is 249 g/mol. The number of para-hydroxylation sites is 1. The second kappa shape index (κ2) is 4.73. The second-order valence-electron chi connectivity index (χ2n) is 4.19. The van der Waals surface area contributed by atoms with Crippen LogP contribution in [-0.2, 0) is 15.3 Å². The Morgan fingerprint density at radius 1 is 1.50 bits per heavy atom. The first-order valence-electron chi connectivity index (χ1n) is 5.73. The summed E-state index contributed by atoms with van der Waals surface area (Å²) in [6.45, 7) is 3.51. The number of rotatable bonds is 4. The normalized spacial score (nSPS) is 14.4. The summed E-state index contributed by atoms with van der Waals surface area (Å²) in [6, 6.07) is 7.23. The minimum Gasteiger partial charge on any atom is -0.466 e. The molecular formula is C12H15N3O3. The van der Waals surface area contributed by atoms with E-state index in [4.69, 9.17) is 4.74 Å². The highest BCUT2D eigenvalue weighted by Gasteiger charge is 2.30. The third-order valence-corrected chi connectivity index (χ3v) is 2.59. The first-order valence-corrected chi connectivity index (χ1v) is 5.73. The van der Waals surface area contributed by atoms with E-state index in [9.17, 15) is 9.90 Å². The van der Waals surface area contributed by atoms with Crippen LogP contribution in [0, 0.1) is 0 Å². The fraction of sp³-hybridized carbons (Fsp3) is 0.417. The van der Waals surface area contributed by atoms with Gasteiger partial charge in [-0.25, -0.2) is 4.68 Å². The van der Waals surface area contributed by atoms with Crippen LogP contribution in [0.25, 0.3) is 11.0 Å². The van der Waals surface area contributed by atoms with Crippen LogP contribution in [0.4, 0.5) is 0 Å². The molecule has 6 nitrogen and oxygen atoms in total. The van der Waals surface area contributed by atoms with Crippen LogP contribution in [0.3, 0.4) is 0 Å². The van der Waals surface area contributed by atoms with E-state index in [0.29, 0.717) is 11.0 Å². The second-order valence-corrected chi connectivity index (χ2v) is 4.19. The van der Waals surface area contributed by atoms with Crippen LogP contribution in [0.5, 0.6) is 0 Å². The van der Waals surface area contributed by atoms with Gasteiger partial charge in [-0.2, -0.15) is 0 Å². The van der Waals surface area contributed by atoms with Crippen LogP contribution in [0.15, 0.2) is 24.3 Å². The van der Waals surface area contributed by atoms with Crippen molar-refractivity contribution in [3.05, 3.63) is 24.3 Å². The Kier molecular flexibility index (Phi) is 3.29. The molecule has 1 unspecified atom stereocenters. The molecule has 2 aromatic rings. The minimum absolute atomic E-state index is 0.172. The van der Waals surface area contributed by atoms with Crippen molar-refractivity contribution in [2.24, 2.45) is 0 Å². The van der Waals surface area contributed by atoms with Gasteiger partial charge < -0.3 is 9.84 Å². The lowest BCUT2D eigenvalue weighted by atomic mass is 10.1. The number of aromatic nitrogens is 3. The lowest BCUT2D eigenvalue weighted by Crippen LogP contribution is -2.34.